The third-order valence-corrected chi connectivity index (χ3v) is 3.93. The van der Waals surface area contributed by atoms with Gasteiger partial charge in [0.15, 0.2) is 0 Å². The first-order chi connectivity index (χ1) is 9.34. The van der Waals surface area contributed by atoms with Crippen molar-refractivity contribution in [3.63, 3.8) is 0 Å². The number of hydrogen-bond acceptors (Lipinski definition) is 2. The number of hydrogen-bond donors (Lipinski definition) is 1. The SMILES string of the molecule is CCCN1C(=O)C(C)NC1c1ccc(C(C)(C)C)cc1. The van der Waals surface area contributed by atoms with Crippen molar-refractivity contribution in [2.24, 2.45) is 0 Å². The second kappa shape index (κ2) is 5.57. The van der Waals surface area contributed by atoms with Crippen LogP contribution in [0.3, 0.4) is 0 Å². The van der Waals surface area contributed by atoms with E-state index in [4.69, 9.17) is 0 Å². The first kappa shape index (κ1) is 15.0. The average Bonchev–Trinajstić information content (AvgIpc) is 2.67. The second-order valence-electron chi connectivity index (χ2n) is 6.69. The van der Waals surface area contributed by atoms with E-state index in [0.29, 0.717) is 0 Å². The molecular formula is C17H26N2O. The van der Waals surface area contributed by atoms with E-state index in [1.165, 1.54) is 11.1 Å². The molecule has 1 aliphatic rings. The lowest BCUT2D eigenvalue weighted by molar-refractivity contribution is -0.129. The molecule has 3 nitrogen and oxygen atoms in total. The first-order valence-corrected chi connectivity index (χ1v) is 7.51. The Morgan fingerprint density at radius 1 is 1.20 bits per heavy atom. The standard InChI is InChI=1S/C17H26N2O/c1-6-11-19-15(18-12(2)16(19)20)13-7-9-14(10-8-13)17(3,4)5/h7-10,12,15,18H,6,11H2,1-5H3. The summed E-state index contributed by atoms with van der Waals surface area (Å²) in [6, 6.07) is 8.55. The third kappa shape index (κ3) is 2.88. The highest BCUT2D eigenvalue weighted by atomic mass is 16.2. The molecule has 1 fully saturated rings. The lowest BCUT2D eigenvalue weighted by Gasteiger charge is -2.25. The number of carbonyl (C=O) groups excluding carboxylic acids is 1. The second-order valence-corrected chi connectivity index (χ2v) is 6.69. The maximum atomic E-state index is 12.2. The zero-order chi connectivity index (χ0) is 14.9. The van der Waals surface area contributed by atoms with E-state index in [9.17, 15) is 4.79 Å². The minimum atomic E-state index is -0.0890. The van der Waals surface area contributed by atoms with Crippen LogP contribution >= 0.6 is 0 Å². The summed E-state index contributed by atoms with van der Waals surface area (Å²) in [6.07, 6.45) is 1.00. The third-order valence-electron chi connectivity index (χ3n) is 3.93. The fraction of sp³-hybridized carbons (Fsp3) is 0.588. The van der Waals surface area contributed by atoms with Crippen molar-refractivity contribution in [1.82, 2.24) is 10.2 Å². The van der Waals surface area contributed by atoms with Gasteiger partial charge in [-0.25, -0.2) is 0 Å². The average molecular weight is 274 g/mol. The highest BCUT2D eigenvalue weighted by Crippen LogP contribution is 2.28. The van der Waals surface area contributed by atoms with Crippen molar-refractivity contribution < 1.29 is 4.79 Å². The van der Waals surface area contributed by atoms with Gasteiger partial charge in [0.1, 0.15) is 6.17 Å². The van der Waals surface area contributed by atoms with Crippen LogP contribution in [0.15, 0.2) is 24.3 Å². The van der Waals surface area contributed by atoms with Crippen LogP contribution in [-0.4, -0.2) is 23.4 Å². The molecule has 110 valence electrons. The van der Waals surface area contributed by atoms with E-state index in [2.05, 4.69) is 57.3 Å². The van der Waals surface area contributed by atoms with Crippen LogP contribution in [0.1, 0.15) is 58.3 Å². The Balaban J connectivity index is 2.24. The summed E-state index contributed by atoms with van der Waals surface area (Å²) < 4.78 is 0. The Bertz CT molecular complexity index is 473. The molecule has 2 atom stereocenters. The zero-order valence-corrected chi connectivity index (χ0v) is 13.2. The molecule has 0 aliphatic carbocycles. The quantitative estimate of drug-likeness (QED) is 0.918. The van der Waals surface area contributed by atoms with E-state index < -0.39 is 0 Å². The Hall–Kier alpha value is -1.35. The summed E-state index contributed by atoms with van der Waals surface area (Å²) in [5.74, 6) is 0.205. The number of amides is 1. The lowest BCUT2D eigenvalue weighted by Crippen LogP contribution is -2.31. The molecule has 0 bridgehead atoms. The molecule has 1 saturated heterocycles. The summed E-state index contributed by atoms with van der Waals surface area (Å²) >= 11 is 0. The number of carbonyl (C=O) groups is 1. The molecule has 1 aromatic rings. The molecule has 0 saturated carbocycles. The van der Waals surface area contributed by atoms with Gasteiger partial charge < -0.3 is 4.90 Å². The molecule has 20 heavy (non-hydrogen) atoms. The minimum absolute atomic E-state index is 0.0199. The molecule has 2 rings (SSSR count). The molecule has 1 heterocycles. The van der Waals surface area contributed by atoms with Gasteiger partial charge in [-0.3, -0.25) is 10.1 Å². The summed E-state index contributed by atoms with van der Waals surface area (Å²) in [5, 5.41) is 3.39. The van der Waals surface area contributed by atoms with Gasteiger partial charge in [0.2, 0.25) is 5.91 Å². The van der Waals surface area contributed by atoms with Gasteiger partial charge in [0.05, 0.1) is 6.04 Å². The van der Waals surface area contributed by atoms with Gasteiger partial charge >= 0.3 is 0 Å². The fourth-order valence-corrected chi connectivity index (χ4v) is 2.70. The molecule has 0 spiro atoms. The van der Waals surface area contributed by atoms with E-state index in [-0.39, 0.29) is 23.5 Å². The Morgan fingerprint density at radius 2 is 1.80 bits per heavy atom. The first-order valence-electron chi connectivity index (χ1n) is 7.51. The van der Waals surface area contributed by atoms with Crippen LogP contribution in [0.25, 0.3) is 0 Å². The van der Waals surface area contributed by atoms with Gasteiger partial charge in [0.25, 0.3) is 0 Å². The molecule has 0 radical (unpaired) electrons. The van der Waals surface area contributed by atoms with Crippen molar-refractivity contribution in [3.05, 3.63) is 35.4 Å². The molecule has 1 aliphatic heterocycles. The Labute approximate surface area is 122 Å². The predicted octanol–water partition coefficient (Wildman–Crippen LogP) is 3.21. The van der Waals surface area contributed by atoms with E-state index in [0.717, 1.165) is 13.0 Å². The topological polar surface area (TPSA) is 32.3 Å². The highest BCUT2D eigenvalue weighted by molar-refractivity contribution is 5.84. The van der Waals surface area contributed by atoms with Crippen LogP contribution in [0.2, 0.25) is 0 Å². The smallest absolute Gasteiger partial charge is 0.241 e. The summed E-state index contributed by atoms with van der Waals surface area (Å²) in [6.45, 7) is 11.5. The van der Waals surface area contributed by atoms with Gasteiger partial charge in [-0.05, 0) is 29.9 Å². The lowest BCUT2D eigenvalue weighted by atomic mass is 9.86. The Morgan fingerprint density at radius 3 is 2.30 bits per heavy atom. The van der Waals surface area contributed by atoms with Crippen molar-refractivity contribution in [2.45, 2.75) is 58.7 Å². The number of benzene rings is 1. The van der Waals surface area contributed by atoms with Crippen molar-refractivity contribution in [2.75, 3.05) is 6.54 Å². The molecule has 1 N–H and O–H groups in total. The number of nitrogens with zero attached hydrogens (tertiary/aromatic N) is 1. The highest BCUT2D eigenvalue weighted by Gasteiger charge is 2.36. The van der Waals surface area contributed by atoms with E-state index in [1.54, 1.807) is 0 Å². The van der Waals surface area contributed by atoms with Crippen LogP contribution in [0, 0.1) is 0 Å². The van der Waals surface area contributed by atoms with Crippen LogP contribution in [0.5, 0.6) is 0 Å². The normalized spacial score (nSPS) is 23.4. The molecule has 3 heteroatoms. The molecule has 1 aromatic carbocycles. The van der Waals surface area contributed by atoms with E-state index in [1.807, 2.05) is 11.8 Å². The Kier molecular flexibility index (Phi) is 4.19. The maximum absolute atomic E-state index is 12.2. The van der Waals surface area contributed by atoms with Crippen molar-refractivity contribution in [1.29, 1.82) is 0 Å². The van der Waals surface area contributed by atoms with Crippen LogP contribution < -0.4 is 5.32 Å². The number of nitrogens with one attached hydrogen (secondary N) is 1. The molecule has 0 aromatic heterocycles. The molecule has 1 amide bonds. The summed E-state index contributed by atoms with van der Waals surface area (Å²) in [4.78, 5) is 14.1. The van der Waals surface area contributed by atoms with Crippen LogP contribution in [-0.2, 0) is 10.2 Å². The zero-order valence-electron chi connectivity index (χ0n) is 13.2. The van der Waals surface area contributed by atoms with Crippen molar-refractivity contribution in [3.8, 4) is 0 Å². The number of rotatable bonds is 3. The minimum Gasteiger partial charge on any atom is -0.322 e. The molecular weight excluding hydrogens is 248 g/mol. The van der Waals surface area contributed by atoms with E-state index >= 15 is 0 Å². The fourth-order valence-electron chi connectivity index (χ4n) is 2.70. The maximum Gasteiger partial charge on any atom is 0.241 e. The van der Waals surface area contributed by atoms with Gasteiger partial charge in [-0.1, -0.05) is 52.0 Å². The predicted molar refractivity (Wildman–Crippen MR) is 82.5 cm³/mol. The van der Waals surface area contributed by atoms with Gasteiger partial charge in [-0.2, -0.15) is 0 Å². The van der Waals surface area contributed by atoms with Gasteiger partial charge in [0, 0.05) is 6.54 Å². The largest absolute Gasteiger partial charge is 0.322 e. The van der Waals surface area contributed by atoms with Gasteiger partial charge in [-0.15, -0.1) is 0 Å². The van der Waals surface area contributed by atoms with Crippen LogP contribution in [0.4, 0.5) is 0 Å². The molecule has 2 unspecified atom stereocenters. The summed E-state index contributed by atoms with van der Waals surface area (Å²) in [5.41, 5.74) is 2.65. The monoisotopic (exact) mass is 274 g/mol. The summed E-state index contributed by atoms with van der Waals surface area (Å²) in [7, 11) is 0. The van der Waals surface area contributed by atoms with Crippen molar-refractivity contribution >= 4 is 5.91 Å².